The summed E-state index contributed by atoms with van der Waals surface area (Å²) in [5.74, 6) is -1.37. The zero-order valence-corrected chi connectivity index (χ0v) is 19.8. The van der Waals surface area contributed by atoms with Crippen LogP contribution < -0.4 is 10.0 Å². The van der Waals surface area contributed by atoms with Crippen LogP contribution in [0.3, 0.4) is 0 Å². The Morgan fingerprint density at radius 2 is 1.86 bits per heavy atom. The van der Waals surface area contributed by atoms with Crippen molar-refractivity contribution in [2.45, 2.75) is 42.8 Å². The smallest absolute Gasteiger partial charge is 0.322 e. The monoisotopic (exact) mass is 526 g/mol. The number of hydrogen-bond donors (Lipinski definition) is 2. The normalized spacial score (nSPS) is 18.7. The number of aldehydes is 1. The van der Waals surface area contributed by atoms with Crippen LogP contribution in [0.4, 0.5) is 29.2 Å². The van der Waals surface area contributed by atoms with E-state index in [-0.39, 0.29) is 34.1 Å². The number of aromatic nitrogens is 4. The summed E-state index contributed by atoms with van der Waals surface area (Å²) in [6.45, 7) is 0. The molecule has 1 aromatic carbocycles. The quantitative estimate of drug-likeness (QED) is 0.355. The van der Waals surface area contributed by atoms with Gasteiger partial charge in [-0.1, -0.05) is 0 Å². The lowest BCUT2D eigenvalue weighted by Crippen LogP contribution is -2.37. The van der Waals surface area contributed by atoms with Crippen molar-refractivity contribution in [3.63, 3.8) is 0 Å². The summed E-state index contributed by atoms with van der Waals surface area (Å²) in [4.78, 5) is 18.1. The van der Waals surface area contributed by atoms with Crippen LogP contribution in [0.5, 0.6) is 0 Å². The predicted molar refractivity (Wildman–Crippen MR) is 121 cm³/mol. The largest absolute Gasteiger partial charge is 0.419 e. The van der Waals surface area contributed by atoms with E-state index in [0.717, 1.165) is 24.5 Å². The first-order valence-corrected chi connectivity index (χ1v) is 12.4. The van der Waals surface area contributed by atoms with Crippen LogP contribution in [-0.2, 0) is 28.0 Å². The number of carbonyl (C=O) groups is 1. The van der Waals surface area contributed by atoms with Crippen molar-refractivity contribution in [3.8, 4) is 11.3 Å². The lowest BCUT2D eigenvalue weighted by Gasteiger charge is -2.26. The first-order chi connectivity index (χ1) is 17.0. The van der Waals surface area contributed by atoms with E-state index < -0.39 is 33.3 Å². The number of hydrogen-bond acceptors (Lipinski definition) is 7. The minimum absolute atomic E-state index is 0.0837. The third-order valence-corrected chi connectivity index (χ3v) is 7.37. The highest BCUT2D eigenvalue weighted by Crippen LogP contribution is 2.36. The maximum Gasteiger partial charge on any atom is 0.419 e. The molecular formula is C22H22F4N6O3S. The van der Waals surface area contributed by atoms with Gasteiger partial charge in [0.2, 0.25) is 16.0 Å². The lowest BCUT2D eigenvalue weighted by atomic mass is 9.87. The van der Waals surface area contributed by atoms with Gasteiger partial charge < -0.3 is 10.1 Å². The van der Waals surface area contributed by atoms with E-state index in [1.165, 1.54) is 24.1 Å². The second-order valence-corrected chi connectivity index (χ2v) is 10.2. The second-order valence-electron chi connectivity index (χ2n) is 8.49. The Kier molecular flexibility index (Phi) is 7.09. The Bertz CT molecular complexity index is 1370. The highest BCUT2D eigenvalue weighted by molar-refractivity contribution is 7.89. The second kappa shape index (κ2) is 9.93. The summed E-state index contributed by atoms with van der Waals surface area (Å²) >= 11 is 0. The molecule has 0 spiro atoms. The van der Waals surface area contributed by atoms with Crippen molar-refractivity contribution >= 4 is 27.9 Å². The number of nitrogens with one attached hydrogen (secondary N) is 2. The van der Waals surface area contributed by atoms with Crippen molar-refractivity contribution in [2.75, 3.05) is 5.32 Å². The molecule has 1 saturated carbocycles. The molecule has 0 amide bonds. The maximum atomic E-state index is 14.8. The Morgan fingerprint density at radius 3 is 2.44 bits per heavy atom. The van der Waals surface area contributed by atoms with Crippen LogP contribution in [0, 0.1) is 11.7 Å². The van der Waals surface area contributed by atoms with E-state index >= 15 is 0 Å². The molecule has 1 aliphatic rings. The van der Waals surface area contributed by atoms with E-state index in [4.69, 9.17) is 0 Å². The van der Waals surface area contributed by atoms with Crippen molar-refractivity contribution in [1.29, 1.82) is 0 Å². The zero-order chi connectivity index (χ0) is 26.1. The van der Waals surface area contributed by atoms with Crippen LogP contribution in [0.2, 0.25) is 0 Å². The zero-order valence-electron chi connectivity index (χ0n) is 19.0. The molecule has 0 unspecified atom stereocenters. The molecule has 2 N–H and O–H groups in total. The fourth-order valence-electron chi connectivity index (χ4n) is 3.96. The molecule has 192 valence electrons. The van der Waals surface area contributed by atoms with Crippen molar-refractivity contribution in [2.24, 2.45) is 13.0 Å². The van der Waals surface area contributed by atoms with Gasteiger partial charge in [0.1, 0.15) is 17.7 Å². The molecule has 0 saturated heterocycles. The first kappa shape index (κ1) is 25.7. The predicted octanol–water partition coefficient (Wildman–Crippen LogP) is 3.81. The van der Waals surface area contributed by atoms with E-state index in [2.05, 4.69) is 25.1 Å². The molecule has 0 aliphatic heterocycles. The highest BCUT2D eigenvalue weighted by atomic mass is 32.2. The summed E-state index contributed by atoms with van der Waals surface area (Å²) in [7, 11) is -2.50. The summed E-state index contributed by atoms with van der Waals surface area (Å²) in [5, 5.41) is 6.36. The number of halogens is 4. The van der Waals surface area contributed by atoms with E-state index in [9.17, 15) is 30.8 Å². The van der Waals surface area contributed by atoms with Crippen molar-refractivity contribution in [3.05, 3.63) is 48.2 Å². The van der Waals surface area contributed by atoms with Gasteiger partial charge in [0.25, 0.3) is 0 Å². The molecule has 4 rings (SSSR count). The molecule has 9 nitrogen and oxygen atoms in total. The van der Waals surface area contributed by atoms with Crippen LogP contribution in [0.1, 0.15) is 31.2 Å². The summed E-state index contributed by atoms with van der Waals surface area (Å²) in [5.41, 5.74) is -1.67. The number of nitrogens with zero attached hydrogens (tertiary/aromatic N) is 4. The van der Waals surface area contributed by atoms with E-state index in [0.29, 0.717) is 31.9 Å². The fourth-order valence-corrected chi connectivity index (χ4v) is 5.27. The highest BCUT2D eigenvalue weighted by Gasteiger charge is 2.36. The topological polar surface area (TPSA) is 119 Å². The van der Waals surface area contributed by atoms with Crippen molar-refractivity contribution in [1.82, 2.24) is 24.5 Å². The molecule has 14 heteroatoms. The molecule has 0 atom stereocenters. The van der Waals surface area contributed by atoms with E-state index in [1.54, 1.807) is 0 Å². The number of rotatable bonds is 7. The van der Waals surface area contributed by atoms with Gasteiger partial charge in [-0.05, 0) is 43.9 Å². The average molecular weight is 527 g/mol. The number of alkyl halides is 3. The van der Waals surface area contributed by atoms with Gasteiger partial charge in [0.15, 0.2) is 0 Å². The minimum atomic E-state index is -4.73. The molecule has 2 aromatic heterocycles. The van der Waals surface area contributed by atoms with Gasteiger partial charge in [-0.2, -0.15) is 18.3 Å². The number of sulfonamides is 1. The van der Waals surface area contributed by atoms with Gasteiger partial charge in [-0.25, -0.2) is 27.5 Å². The van der Waals surface area contributed by atoms with Gasteiger partial charge in [0, 0.05) is 37.0 Å². The lowest BCUT2D eigenvalue weighted by molar-refractivity contribution is -0.137. The summed E-state index contributed by atoms with van der Waals surface area (Å²) in [6, 6.07) is 2.74. The Labute approximate surface area is 204 Å². The SMILES string of the molecule is Cn1cc(-c2nc(Nc3ccc(S(=O)(=O)NC4CCC(C=O)CC4)cc3F)ncc2C(F)(F)F)cn1. The fraction of sp³-hybridized carbons (Fsp3) is 0.364. The third-order valence-electron chi connectivity index (χ3n) is 5.86. The van der Waals surface area contributed by atoms with Gasteiger partial charge >= 0.3 is 6.18 Å². The third kappa shape index (κ3) is 5.70. The molecule has 2 heterocycles. The minimum Gasteiger partial charge on any atom is -0.322 e. The number of anilines is 2. The molecule has 0 bridgehead atoms. The van der Waals surface area contributed by atoms with Crippen LogP contribution in [0.15, 0.2) is 41.7 Å². The van der Waals surface area contributed by atoms with E-state index in [1.807, 2.05) is 0 Å². The standard InChI is InChI=1S/C22H22F4N6O3S/c1-32-11-14(9-28-32)20-17(22(24,25)26)10-27-21(30-20)29-19-7-6-16(8-18(19)23)36(34,35)31-15-4-2-13(12-33)3-5-15/h6-13,15,31H,2-5H2,1H3,(H,27,29,30). The summed E-state index contributed by atoms with van der Waals surface area (Å²) < 4.78 is 84.4. The Hall–Kier alpha value is -3.39. The average Bonchev–Trinajstić information content (AvgIpc) is 3.26. The van der Waals surface area contributed by atoms with Crippen LogP contribution in [-0.4, -0.2) is 40.5 Å². The van der Waals surface area contributed by atoms with Crippen LogP contribution >= 0.6 is 0 Å². The van der Waals surface area contributed by atoms with Crippen molar-refractivity contribution < 1.29 is 30.8 Å². The molecule has 1 aliphatic carbocycles. The first-order valence-electron chi connectivity index (χ1n) is 10.9. The number of aryl methyl sites for hydroxylation is 1. The Balaban J connectivity index is 1.55. The van der Waals surface area contributed by atoms with Gasteiger partial charge in [0.05, 0.1) is 22.5 Å². The molecule has 36 heavy (non-hydrogen) atoms. The molecular weight excluding hydrogens is 504 g/mol. The van der Waals surface area contributed by atoms with Gasteiger partial charge in [-0.3, -0.25) is 4.68 Å². The molecule has 3 aromatic rings. The van der Waals surface area contributed by atoms with Crippen LogP contribution in [0.25, 0.3) is 11.3 Å². The number of carbonyl (C=O) groups excluding carboxylic acids is 1. The number of benzene rings is 1. The maximum absolute atomic E-state index is 14.8. The van der Waals surface area contributed by atoms with Gasteiger partial charge in [-0.15, -0.1) is 0 Å². The Morgan fingerprint density at radius 1 is 1.14 bits per heavy atom. The molecule has 0 radical (unpaired) electrons. The molecule has 1 fully saturated rings. The summed E-state index contributed by atoms with van der Waals surface area (Å²) in [6.07, 6.45) is 1.41.